The molecule has 31 heavy (non-hydrogen) atoms. The highest BCUT2D eigenvalue weighted by atomic mass is 16.6. The molecule has 0 heterocycles. The first-order valence-corrected chi connectivity index (χ1v) is 10.6. The first kappa shape index (κ1) is 22.3. The molecule has 0 bridgehead atoms. The molecule has 0 aliphatic heterocycles. The Morgan fingerprint density at radius 3 is 2.45 bits per heavy atom. The van der Waals surface area contributed by atoms with Gasteiger partial charge in [0.05, 0.1) is 28.2 Å². The van der Waals surface area contributed by atoms with Crippen LogP contribution in [0, 0.1) is 27.4 Å². The van der Waals surface area contributed by atoms with Gasteiger partial charge < -0.3 is 10.1 Å². The van der Waals surface area contributed by atoms with Gasteiger partial charge in [-0.1, -0.05) is 45.2 Å². The van der Waals surface area contributed by atoms with E-state index in [1.165, 1.54) is 12.1 Å². The fourth-order valence-electron chi connectivity index (χ4n) is 4.02. The number of nitro benzene ring substituents is 1. The highest BCUT2D eigenvalue weighted by molar-refractivity contribution is 6.00. The lowest BCUT2D eigenvalue weighted by Gasteiger charge is -2.36. The Morgan fingerprint density at radius 1 is 1.19 bits per heavy atom. The number of non-ortho nitro benzene ring substituents is 1. The lowest BCUT2D eigenvalue weighted by molar-refractivity contribution is -0.384. The van der Waals surface area contributed by atoms with Crippen LogP contribution in [0.4, 0.5) is 11.4 Å². The second-order valence-electron chi connectivity index (χ2n) is 8.42. The molecule has 162 valence electrons. The van der Waals surface area contributed by atoms with Gasteiger partial charge in [0.15, 0.2) is 0 Å². The number of ether oxygens (including phenoxy) is 1. The summed E-state index contributed by atoms with van der Waals surface area (Å²) in [6.07, 6.45) is 4.17. The van der Waals surface area contributed by atoms with Crippen LogP contribution in [0.5, 0.6) is 5.75 Å². The van der Waals surface area contributed by atoms with Gasteiger partial charge in [-0.25, -0.2) is 0 Å². The average molecular weight is 421 g/mol. The van der Waals surface area contributed by atoms with Crippen molar-refractivity contribution in [2.45, 2.75) is 51.4 Å². The summed E-state index contributed by atoms with van der Waals surface area (Å²) < 4.78 is 5.69. The minimum atomic E-state index is -0.771. The summed E-state index contributed by atoms with van der Waals surface area (Å²) in [6, 6.07) is 13.5. The van der Waals surface area contributed by atoms with Gasteiger partial charge >= 0.3 is 0 Å². The molecule has 1 N–H and O–H groups in total. The lowest BCUT2D eigenvalue weighted by Crippen LogP contribution is -2.42. The van der Waals surface area contributed by atoms with Gasteiger partial charge in [0.2, 0.25) is 5.91 Å². The molecule has 0 radical (unpaired) electrons. The van der Waals surface area contributed by atoms with Crippen LogP contribution < -0.4 is 10.1 Å². The SMILES string of the molecule is CC(C)COc1ccc(NC(=O)C2(c3ccc([N+](=O)[O-])cc3)CCCCC2)c(C#N)c1. The normalized spacial score (nSPS) is 15.2. The predicted octanol–water partition coefficient (Wildman–Crippen LogP) is 5.34. The van der Waals surface area contributed by atoms with Crippen LogP contribution in [0.3, 0.4) is 0 Å². The van der Waals surface area contributed by atoms with E-state index >= 15 is 0 Å². The minimum absolute atomic E-state index is 0.00105. The molecule has 1 amide bonds. The number of nitrogens with one attached hydrogen (secondary N) is 1. The van der Waals surface area contributed by atoms with Crippen molar-refractivity contribution in [3.05, 3.63) is 63.7 Å². The molecule has 0 unspecified atom stereocenters. The Labute approximate surface area is 182 Å². The van der Waals surface area contributed by atoms with Crippen molar-refractivity contribution in [2.75, 3.05) is 11.9 Å². The number of hydrogen-bond donors (Lipinski definition) is 1. The van der Waals surface area contributed by atoms with E-state index in [0.717, 1.165) is 24.8 Å². The van der Waals surface area contributed by atoms with Crippen molar-refractivity contribution in [3.63, 3.8) is 0 Å². The van der Waals surface area contributed by atoms with Gasteiger partial charge in [0.1, 0.15) is 11.8 Å². The topological polar surface area (TPSA) is 105 Å². The summed E-state index contributed by atoms with van der Waals surface area (Å²) in [5, 5.41) is 23.5. The molecule has 7 nitrogen and oxygen atoms in total. The number of amides is 1. The fraction of sp³-hybridized carbons (Fsp3) is 0.417. The van der Waals surface area contributed by atoms with E-state index in [0.29, 0.717) is 42.4 Å². The number of benzene rings is 2. The van der Waals surface area contributed by atoms with Crippen LogP contribution in [-0.2, 0) is 10.2 Å². The van der Waals surface area contributed by atoms with Crippen LogP contribution >= 0.6 is 0 Å². The maximum Gasteiger partial charge on any atom is 0.269 e. The predicted molar refractivity (Wildman–Crippen MR) is 118 cm³/mol. The monoisotopic (exact) mass is 421 g/mol. The van der Waals surface area contributed by atoms with Gasteiger partial charge in [-0.2, -0.15) is 5.26 Å². The largest absolute Gasteiger partial charge is 0.493 e. The quantitative estimate of drug-likeness (QED) is 0.480. The fourth-order valence-corrected chi connectivity index (χ4v) is 4.02. The van der Waals surface area contributed by atoms with Crippen LogP contribution in [0.2, 0.25) is 0 Å². The van der Waals surface area contributed by atoms with Gasteiger partial charge in [0, 0.05) is 12.1 Å². The molecular formula is C24H27N3O4. The van der Waals surface area contributed by atoms with Crippen molar-refractivity contribution in [1.82, 2.24) is 0 Å². The summed E-state index contributed by atoms with van der Waals surface area (Å²) in [7, 11) is 0. The number of nitriles is 1. The number of carbonyl (C=O) groups is 1. The first-order valence-electron chi connectivity index (χ1n) is 10.6. The minimum Gasteiger partial charge on any atom is -0.493 e. The van der Waals surface area contributed by atoms with Gasteiger partial charge in [0.25, 0.3) is 5.69 Å². The van der Waals surface area contributed by atoms with Crippen LogP contribution in [0.1, 0.15) is 57.1 Å². The average Bonchev–Trinajstić information content (AvgIpc) is 2.78. The Morgan fingerprint density at radius 2 is 1.87 bits per heavy atom. The number of carbonyl (C=O) groups excluding carboxylic acids is 1. The zero-order valence-electron chi connectivity index (χ0n) is 17.9. The van der Waals surface area contributed by atoms with Crippen molar-refractivity contribution in [1.29, 1.82) is 5.26 Å². The van der Waals surface area contributed by atoms with Gasteiger partial charge in [-0.15, -0.1) is 0 Å². The highest BCUT2D eigenvalue weighted by Gasteiger charge is 2.41. The second kappa shape index (κ2) is 9.61. The Bertz CT molecular complexity index is 987. The number of nitro groups is 1. The number of hydrogen-bond acceptors (Lipinski definition) is 5. The van der Waals surface area contributed by atoms with Crippen molar-refractivity contribution in [3.8, 4) is 11.8 Å². The molecule has 2 aromatic carbocycles. The Balaban J connectivity index is 1.87. The molecule has 0 atom stereocenters. The molecule has 2 aromatic rings. The highest BCUT2D eigenvalue weighted by Crippen LogP contribution is 2.41. The van der Waals surface area contributed by atoms with Crippen LogP contribution in [-0.4, -0.2) is 17.4 Å². The molecule has 1 saturated carbocycles. The summed E-state index contributed by atoms with van der Waals surface area (Å²) in [5.41, 5.74) is 0.775. The molecule has 1 fully saturated rings. The maximum absolute atomic E-state index is 13.5. The Hall–Kier alpha value is -3.40. The number of rotatable bonds is 7. The zero-order valence-corrected chi connectivity index (χ0v) is 17.9. The van der Waals surface area contributed by atoms with Crippen molar-refractivity contribution >= 4 is 17.3 Å². The second-order valence-corrected chi connectivity index (χ2v) is 8.42. The summed E-state index contributed by atoms with van der Waals surface area (Å²) >= 11 is 0. The molecule has 0 aromatic heterocycles. The summed E-state index contributed by atoms with van der Waals surface area (Å²) in [4.78, 5) is 24.1. The summed E-state index contributed by atoms with van der Waals surface area (Å²) in [5.74, 6) is 0.761. The van der Waals surface area contributed by atoms with Crippen LogP contribution in [0.15, 0.2) is 42.5 Å². The van der Waals surface area contributed by atoms with E-state index in [-0.39, 0.29) is 11.6 Å². The van der Waals surface area contributed by atoms with Gasteiger partial charge in [-0.05, 0) is 42.5 Å². The number of anilines is 1. The Kier molecular flexibility index (Phi) is 6.91. The standard InChI is InChI=1S/C24H27N3O4/c1-17(2)16-31-21-10-11-22(18(14-21)15-25)26-23(28)24(12-4-3-5-13-24)19-6-8-20(9-7-19)27(29)30/h6-11,14,17H,3-5,12-13,16H2,1-2H3,(H,26,28). The smallest absolute Gasteiger partial charge is 0.269 e. The summed E-state index contributed by atoms with van der Waals surface area (Å²) in [6.45, 7) is 4.63. The van der Waals surface area contributed by atoms with E-state index in [1.54, 1.807) is 30.3 Å². The van der Waals surface area contributed by atoms with E-state index < -0.39 is 10.3 Å². The van der Waals surface area contributed by atoms with Crippen LogP contribution in [0.25, 0.3) is 0 Å². The molecule has 0 saturated heterocycles. The maximum atomic E-state index is 13.5. The third-order valence-electron chi connectivity index (χ3n) is 5.72. The molecule has 3 rings (SSSR count). The molecule has 0 spiro atoms. The van der Waals surface area contributed by atoms with Crippen molar-refractivity contribution in [2.24, 2.45) is 5.92 Å². The molecule has 1 aliphatic rings. The lowest BCUT2D eigenvalue weighted by atomic mass is 9.68. The third kappa shape index (κ3) is 5.02. The van der Waals surface area contributed by atoms with E-state index in [1.807, 2.05) is 13.8 Å². The molecule has 1 aliphatic carbocycles. The third-order valence-corrected chi connectivity index (χ3v) is 5.72. The first-order chi connectivity index (χ1) is 14.9. The van der Waals surface area contributed by atoms with E-state index in [9.17, 15) is 20.2 Å². The van der Waals surface area contributed by atoms with Crippen molar-refractivity contribution < 1.29 is 14.5 Å². The van der Waals surface area contributed by atoms with Gasteiger partial charge in [-0.3, -0.25) is 14.9 Å². The van der Waals surface area contributed by atoms with E-state index in [2.05, 4.69) is 11.4 Å². The molecule has 7 heteroatoms. The molecular weight excluding hydrogens is 394 g/mol. The number of nitrogens with zero attached hydrogens (tertiary/aromatic N) is 2. The van der Waals surface area contributed by atoms with E-state index in [4.69, 9.17) is 4.74 Å². The zero-order chi connectivity index (χ0) is 22.4.